The van der Waals surface area contributed by atoms with Crippen molar-refractivity contribution in [2.24, 2.45) is 17.8 Å². The molecule has 2 saturated heterocycles. The summed E-state index contributed by atoms with van der Waals surface area (Å²) in [6.45, 7) is 9.75. The molecule has 0 aromatic heterocycles. The summed E-state index contributed by atoms with van der Waals surface area (Å²) < 4.78 is 7.09. The molecule has 4 aliphatic heterocycles. The standard InChI is InChI=1S/C34H47N3O5/c1-5-8-12-19-35-20-14-18-34-28(31(40)37(29(34)32(35)41)26(23-38)24(4)6-2)27-30(39)36(22-25-15-10-9-11-16-25)21-13-17-33(27,7-3)42-34/h9-11,13-18,24,26-29,38H,5-8,12,19-23H2,1-4H3/t24-,26-,27-,28-,29?,33+,34-/m0/s1. The Morgan fingerprint density at radius 1 is 0.929 bits per heavy atom. The first kappa shape index (κ1) is 30.5. The molecule has 0 bridgehead atoms. The maximum absolute atomic E-state index is 14.8. The summed E-state index contributed by atoms with van der Waals surface area (Å²) in [7, 11) is 0. The summed E-state index contributed by atoms with van der Waals surface area (Å²) in [5.41, 5.74) is -1.30. The molecule has 228 valence electrons. The van der Waals surface area contributed by atoms with Gasteiger partial charge in [0.25, 0.3) is 0 Å². The van der Waals surface area contributed by atoms with Crippen molar-refractivity contribution in [3.8, 4) is 0 Å². The zero-order valence-electron chi connectivity index (χ0n) is 25.6. The fraction of sp³-hybridized carbons (Fsp3) is 0.618. The monoisotopic (exact) mass is 577 g/mol. The summed E-state index contributed by atoms with van der Waals surface area (Å²) in [6, 6.07) is 8.36. The van der Waals surface area contributed by atoms with Crippen molar-refractivity contribution in [3.63, 3.8) is 0 Å². The Morgan fingerprint density at radius 2 is 1.64 bits per heavy atom. The van der Waals surface area contributed by atoms with E-state index in [-0.39, 0.29) is 30.2 Å². The van der Waals surface area contributed by atoms with E-state index in [1.807, 2.05) is 80.3 Å². The number of amides is 3. The van der Waals surface area contributed by atoms with E-state index in [9.17, 15) is 19.5 Å². The van der Waals surface area contributed by atoms with E-state index in [1.54, 1.807) is 9.80 Å². The Morgan fingerprint density at radius 3 is 2.31 bits per heavy atom. The van der Waals surface area contributed by atoms with Gasteiger partial charge in [-0.05, 0) is 24.3 Å². The third-order valence-electron chi connectivity index (χ3n) is 10.1. The number of aliphatic hydroxyl groups excluding tert-OH is 1. The molecule has 7 atom stereocenters. The molecule has 1 unspecified atom stereocenters. The zero-order valence-corrected chi connectivity index (χ0v) is 25.6. The van der Waals surface area contributed by atoms with Crippen molar-refractivity contribution in [3.05, 3.63) is 60.2 Å². The van der Waals surface area contributed by atoms with E-state index < -0.39 is 35.1 Å². The predicted octanol–water partition coefficient (Wildman–Crippen LogP) is 3.94. The van der Waals surface area contributed by atoms with Gasteiger partial charge in [-0.3, -0.25) is 14.4 Å². The summed E-state index contributed by atoms with van der Waals surface area (Å²) in [4.78, 5) is 49.1. The number of unbranched alkanes of at least 4 members (excludes halogenated alkanes) is 2. The molecule has 1 spiro atoms. The SMILES string of the molecule is CCCCCN1CC=C[C@]23O[C@]4(CC)C=CCN(Cc5ccccc5)C(=O)[C@@H]4[C@H]2C(=O)N([C@@H](CO)[C@@H](C)CC)C3C1=O. The zero-order chi connectivity index (χ0) is 30.1. The lowest BCUT2D eigenvalue weighted by molar-refractivity contribution is -0.158. The average molecular weight is 578 g/mol. The van der Waals surface area contributed by atoms with Crippen LogP contribution < -0.4 is 0 Å². The highest BCUT2D eigenvalue weighted by Gasteiger charge is 2.76. The maximum Gasteiger partial charge on any atom is 0.249 e. The van der Waals surface area contributed by atoms with Crippen LogP contribution in [0.2, 0.25) is 0 Å². The van der Waals surface area contributed by atoms with Crippen molar-refractivity contribution in [1.82, 2.24) is 14.7 Å². The molecular formula is C34H47N3O5. The lowest BCUT2D eigenvalue weighted by Crippen LogP contribution is -2.60. The largest absolute Gasteiger partial charge is 0.394 e. The van der Waals surface area contributed by atoms with Crippen LogP contribution in [0.1, 0.15) is 65.4 Å². The predicted molar refractivity (Wildman–Crippen MR) is 161 cm³/mol. The molecular weight excluding hydrogens is 530 g/mol. The van der Waals surface area contributed by atoms with Gasteiger partial charge in [0.2, 0.25) is 17.7 Å². The highest BCUT2D eigenvalue weighted by molar-refractivity contribution is 6.00. The van der Waals surface area contributed by atoms with Gasteiger partial charge in [0.15, 0.2) is 0 Å². The first-order chi connectivity index (χ1) is 20.3. The van der Waals surface area contributed by atoms with Crippen molar-refractivity contribution in [1.29, 1.82) is 0 Å². The number of ether oxygens (including phenoxy) is 1. The molecule has 42 heavy (non-hydrogen) atoms. The van der Waals surface area contributed by atoms with Gasteiger partial charge >= 0.3 is 0 Å². The number of benzene rings is 1. The Hall–Kier alpha value is -2.97. The van der Waals surface area contributed by atoms with E-state index in [2.05, 4.69) is 6.92 Å². The van der Waals surface area contributed by atoms with Crippen LogP contribution in [0, 0.1) is 17.8 Å². The van der Waals surface area contributed by atoms with Gasteiger partial charge in [0, 0.05) is 26.2 Å². The van der Waals surface area contributed by atoms with Crippen LogP contribution in [0.3, 0.4) is 0 Å². The smallest absolute Gasteiger partial charge is 0.249 e. The van der Waals surface area contributed by atoms with Gasteiger partial charge < -0.3 is 24.5 Å². The second kappa shape index (κ2) is 12.3. The highest BCUT2D eigenvalue weighted by Crippen LogP contribution is 2.59. The van der Waals surface area contributed by atoms with Crippen molar-refractivity contribution < 1.29 is 24.2 Å². The van der Waals surface area contributed by atoms with E-state index in [0.717, 1.165) is 31.2 Å². The van der Waals surface area contributed by atoms with E-state index >= 15 is 0 Å². The minimum Gasteiger partial charge on any atom is -0.394 e. The lowest BCUT2D eigenvalue weighted by Gasteiger charge is -2.42. The minimum atomic E-state index is -1.30. The Labute approximate surface area is 250 Å². The van der Waals surface area contributed by atoms with Crippen molar-refractivity contribution in [2.75, 3.05) is 26.2 Å². The number of rotatable bonds is 11. The van der Waals surface area contributed by atoms with Gasteiger partial charge in [0.1, 0.15) is 11.6 Å². The average Bonchev–Trinajstić information content (AvgIpc) is 3.30. The number of nitrogens with zero attached hydrogens (tertiary/aromatic N) is 3. The fourth-order valence-electron chi connectivity index (χ4n) is 7.67. The van der Waals surface area contributed by atoms with Gasteiger partial charge in [-0.2, -0.15) is 0 Å². The molecule has 1 aromatic rings. The van der Waals surface area contributed by atoms with Gasteiger partial charge in [-0.1, -0.05) is 102 Å². The summed E-state index contributed by atoms with van der Waals surface area (Å²) >= 11 is 0. The minimum absolute atomic E-state index is 0.0429. The number of aliphatic hydroxyl groups is 1. The number of carbonyl (C=O) groups excluding carboxylic acids is 3. The molecule has 1 aromatic carbocycles. The van der Waals surface area contributed by atoms with Gasteiger partial charge in [-0.25, -0.2) is 0 Å². The van der Waals surface area contributed by atoms with E-state index in [1.165, 1.54) is 0 Å². The molecule has 0 saturated carbocycles. The number of likely N-dealkylation sites (tertiary alicyclic amines) is 1. The van der Waals surface area contributed by atoms with Crippen LogP contribution in [0.4, 0.5) is 0 Å². The molecule has 8 nitrogen and oxygen atoms in total. The van der Waals surface area contributed by atoms with E-state index in [0.29, 0.717) is 32.6 Å². The fourth-order valence-corrected chi connectivity index (χ4v) is 7.67. The summed E-state index contributed by atoms with van der Waals surface area (Å²) in [6.07, 6.45) is 12.0. The topological polar surface area (TPSA) is 90.4 Å². The summed E-state index contributed by atoms with van der Waals surface area (Å²) in [5.74, 6) is -2.25. The third-order valence-corrected chi connectivity index (χ3v) is 10.1. The Kier molecular flexibility index (Phi) is 8.95. The van der Waals surface area contributed by atoms with Crippen LogP contribution in [0.25, 0.3) is 0 Å². The van der Waals surface area contributed by atoms with E-state index in [4.69, 9.17) is 4.74 Å². The highest BCUT2D eigenvalue weighted by atomic mass is 16.5. The molecule has 8 heteroatoms. The molecule has 5 rings (SSSR count). The lowest BCUT2D eigenvalue weighted by atomic mass is 9.73. The second-order valence-corrected chi connectivity index (χ2v) is 12.5. The third kappa shape index (κ3) is 4.90. The van der Waals surface area contributed by atoms with Crippen LogP contribution in [0.5, 0.6) is 0 Å². The van der Waals surface area contributed by atoms with Crippen LogP contribution in [-0.4, -0.2) is 87.1 Å². The maximum atomic E-state index is 14.8. The second-order valence-electron chi connectivity index (χ2n) is 12.5. The molecule has 1 N–H and O–H groups in total. The van der Waals surface area contributed by atoms with Crippen LogP contribution in [-0.2, 0) is 25.7 Å². The van der Waals surface area contributed by atoms with Crippen molar-refractivity contribution >= 4 is 17.7 Å². The molecule has 0 radical (unpaired) electrons. The normalized spacial score (nSPS) is 32.0. The number of hydrogen-bond acceptors (Lipinski definition) is 5. The first-order valence-corrected chi connectivity index (χ1v) is 15.9. The summed E-state index contributed by atoms with van der Waals surface area (Å²) in [5, 5.41) is 10.6. The molecule has 4 aliphatic rings. The Bertz CT molecular complexity index is 1220. The van der Waals surface area contributed by atoms with Crippen LogP contribution in [0.15, 0.2) is 54.6 Å². The van der Waals surface area contributed by atoms with Crippen LogP contribution >= 0.6 is 0 Å². The number of fused-ring (bicyclic) bond motifs is 2. The Balaban J connectivity index is 1.62. The molecule has 4 heterocycles. The van der Waals surface area contributed by atoms with Gasteiger partial charge in [0.05, 0.1) is 30.1 Å². The number of hydrogen-bond donors (Lipinski definition) is 1. The first-order valence-electron chi connectivity index (χ1n) is 15.9. The molecule has 0 aliphatic carbocycles. The quantitative estimate of drug-likeness (QED) is 0.318. The number of carbonyl (C=O) groups is 3. The van der Waals surface area contributed by atoms with Crippen molar-refractivity contribution in [2.45, 2.75) is 89.6 Å². The molecule has 2 fully saturated rings. The van der Waals surface area contributed by atoms with Gasteiger partial charge in [-0.15, -0.1) is 0 Å². The molecule has 3 amide bonds.